The Labute approximate surface area is 164 Å². The fraction of sp³-hybridized carbons (Fsp3) is 0.278. The van der Waals surface area contributed by atoms with E-state index in [1.54, 1.807) is 43.3 Å². The molecule has 1 unspecified atom stereocenters. The Balaban J connectivity index is 2.27. The molecule has 140 valence electrons. The summed E-state index contributed by atoms with van der Waals surface area (Å²) >= 11 is 12.1. The molecule has 1 atom stereocenters. The number of amides is 1. The number of benzene rings is 2. The van der Waals surface area contributed by atoms with Gasteiger partial charge in [0.25, 0.3) is 0 Å². The number of nitrogens with one attached hydrogen (secondary N) is 1. The van der Waals surface area contributed by atoms with Gasteiger partial charge in [0.05, 0.1) is 11.9 Å². The summed E-state index contributed by atoms with van der Waals surface area (Å²) in [5, 5.41) is 3.69. The largest absolute Gasteiger partial charge is 0.350 e. The molecule has 2 aromatic carbocycles. The highest BCUT2D eigenvalue weighted by Crippen LogP contribution is 2.25. The SMILES string of the molecule is CCC(C(=O)NCc1ccccc1Cl)N(c1cccc(Cl)c1)S(C)(=O)=O. The van der Waals surface area contributed by atoms with E-state index >= 15 is 0 Å². The molecule has 0 spiro atoms. The third-order valence-electron chi connectivity index (χ3n) is 3.80. The second-order valence-electron chi connectivity index (χ2n) is 5.77. The Morgan fingerprint density at radius 1 is 1.15 bits per heavy atom. The third kappa shape index (κ3) is 5.13. The normalized spacial score (nSPS) is 12.5. The Hall–Kier alpha value is -1.76. The number of hydrogen-bond acceptors (Lipinski definition) is 3. The average molecular weight is 415 g/mol. The van der Waals surface area contributed by atoms with Crippen molar-refractivity contribution < 1.29 is 13.2 Å². The summed E-state index contributed by atoms with van der Waals surface area (Å²) in [6.07, 6.45) is 1.37. The molecule has 0 fully saturated rings. The molecule has 0 heterocycles. The minimum absolute atomic E-state index is 0.210. The Bertz CT molecular complexity index is 888. The van der Waals surface area contributed by atoms with Crippen molar-refractivity contribution in [2.24, 2.45) is 0 Å². The maximum atomic E-state index is 12.7. The zero-order valence-electron chi connectivity index (χ0n) is 14.4. The van der Waals surface area contributed by atoms with Gasteiger partial charge in [-0.25, -0.2) is 8.42 Å². The predicted molar refractivity (Wildman–Crippen MR) is 106 cm³/mol. The smallest absolute Gasteiger partial charge is 0.244 e. The fourth-order valence-electron chi connectivity index (χ4n) is 2.62. The highest BCUT2D eigenvalue weighted by atomic mass is 35.5. The topological polar surface area (TPSA) is 66.5 Å². The van der Waals surface area contributed by atoms with Crippen molar-refractivity contribution in [3.63, 3.8) is 0 Å². The predicted octanol–water partition coefficient (Wildman–Crippen LogP) is 3.85. The van der Waals surface area contributed by atoms with Gasteiger partial charge in [0.2, 0.25) is 15.9 Å². The number of hydrogen-bond donors (Lipinski definition) is 1. The van der Waals surface area contributed by atoms with Crippen molar-refractivity contribution in [1.82, 2.24) is 5.32 Å². The molecule has 26 heavy (non-hydrogen) atoms. The Morgan fingerprint density at radius 2 is 1.85 bits per heavy atom. The monoisotopic (exact) mass is 414 g/mol. The molecule has 5 nitrogen and oxygen atoms in total. The maximum absolute atomic E-state index is 12.7. The second-order valence-corrected chi connectivity index (χ2v) is 8.48. The van der Waals surface area contributed by atoms with Crippen LogP contribution in [0.3, 0.4) is 0 Å². The second kappa shape index (κ2) is 8.75. The molecule has 0 aliphatic carbocycles. The van der Waals surface area contributed by atoms with E-state index in [1.807, 2.05) is 6.07 Å². The van der Waals surface area contributed by atoms with Gasteiger partial charge in [-0.15, -0.1) is 0 Å². The van der Waals surface area contributed by atoms with Crippen molar-refractivity contribution in [3.8, 4) is 0 Å². The number of carbonyl (C=O) groups is 1. The molecule has 0 radical (unpaired) electrons. The molecule has 0 aliphatic heterocycles. The van der Waals surface area contributed by atoms with E-state index in [1.165, 1.54) is 6.07 Å². The van der Waals surface area contributed by atoms with E-state index in [4.69, 9.17) is 23.2 Å². The summed E-state index contributed by atoms with van der Waals surface area (Å²) < 4.78 is 25.8. The van der Waals surface area contributed by atoms with Crippen LogP contribution in [-0.4, -0.2) is 26.6 Å². The van der Waals surface area contributed by atoms with Crippen LogP contribution in [0.1, 0.15) is 18.9 Å². The Morgan fingerprint density at radius 3 is 2.42 bits per heavy atom. The van der Waals surface area contributed by atoms with E-state index in [-0.39, 0.29) is 6.54 Å². The van der Waals surface area contributed by atoms with Crippen LogP contribution in [0.5, 0.6) is 0 Å². The van der Waals surface area contributed by atoms with Gasteiger partial charge in [0.1, 0.15) is 6.04 Å². The maximum Gasteiger partial charge on any atom is 0.244 e. The average Bonchev–Trinajstić information content (AvgIpc) is 2.57. The number of nitrogens with zero attached hydrogens (tertiary/aromatic N) is 1. The van der Waals surface area contributed by atoms with Gasteiger partial charge in [-0.2, -0.15) is 0 Å². The van der Waals surface area contributed by atoms with Crippen LogP contribution in [0.4, 0.5) is 5.69 Å². The molecule has 1 N–H and O–H groups in total. The van der Waals surface area contributed by atoms with Gasteiger partial charge >= 0.3 is 0 Å². The van der Waals surface area contributed by atoms with Gasteiger partial charge in [-0.1, -0.05) is 54.4 Å². The summed E-state index contributed by atoms with van der Waals surface area (Å²) in [5.41, 5.74) is 1.10. The van der Waals surface area contributed by atoms with Crippen molar-refractivity contribution in [2.45, 2.75) is 25.9 Å². The van der Waals surface area contributed by atoms with Gasteiger partial charge in [-0.3, -0.25) is 9.10 Å². The number of carbonyl (C=O) groups excluding carboxylic acids is 1. The molecule has 2 rings (SSSR count). The minimum atomic E-state index is -3.69. The van der Waals surface area contributed by atoms with Crippen LogP contribution >= 0.6 is 23.2 Å². The molecule has 8 heteroatoms. The number of anilines is 1. The van der Waals surface area contributed by atoms with E-state index in [9.17, 15) is 13.2 Å². The molecular formula is C18H20Cl2N2O3S. The molecule has 1 amide bonds. The zero-order valence-corrected chi connectivity index (χ0v) is 16.8. The van der Waals surface area contributed by atoms with Gasteiger partial charge in [0, 0.05) is 16.6 Å². The molecule has 0 aliphatic rings. The number of rotatable bonds is 7. The van der Waals surface area contributed by atoms with E-state index < -0.39 is 22.0 Å². The first-order chi connectivity index (χ1) is 12.2. The lowest BCUT2D eigenvalue weighted by Gasteiger charge is -2.30. The quantitative estimate of drug-likeness (QED) is 0.747. The van der Waals surface area contributed by atoms with Crippen molar-refractivity contribution in [3.05, 3.63) is 64.1 Å². The summed E-state index contributed by atoms with van der Waals surface area (Å²) in [6, 6.07) is 12.7. The lowest BCUT2D eigenvalue weighted by atomic mass is 10.1. The number of halogens is 2. The van der Waals surface area contributed by atoms with Crippen molar-refractivity contribution in [1.29, 1.82) is 0 Å². The van der Waals surface area contributed by atoms with E-state index in [0.29, 0.717) is 22.2 Å². The van der Waals surface area contributed by atoms with Crippen LogP contribution in [0, 0.1) is 0 Å². The van der Waals surface area contributed by atoms with Crippen molar-refractivity contribution >= 4 is 44.8 Å². The highest BCUT2D eigenvalue weighted by Gasteiger charge is 2.31. The van der Waals surface area contributed by atoms with Gasteiger partial charge in [0.15, 0.2) is 0 Å². The first-order valence-corrected chi connectivity index (χ1v) is 10.6. The van der Waals surface area contributed by atoms with Crippen LogP contribution in [0.15, 0.2) is 48.5 Å². The van der Waals surface area contributed by atoms with Crippen molar-refractivity contribution in [2.75, 3.05) is 10.6 Å². The van der Waals surface area contributed by atoms with Gasteiger partial charge < -0.3 is 5.32 Å². The molecular weight excluding hydrogens is 395 g/mol. The van der Waals surface area contributed by atoms with E-state index in [0.717, 1.165) is 16.1 Å². The molecule has 0 aromatic heterocycles. The number of sulfonamides is 1. The van der Waals surface area contributed by atoms with Crippen LogP contribution < -0.4 is 9.62 Å². The lowest BCUT2D eigenvalue weighted by molar-refractivity contribution is -0.122. The Kier molecular flexibility index (Phi) is 6.92. The summed E-state index contributed by atoms with van der Waals surface area (Å²) in [4.78, 5) is 12.7. The standard InChI is InChI=1S/C18H20Cl2N2O3S/c1-3-17(18(23)21-12-13-7-4-5-10-16(13)20)22(26(2,24)25)15-9-6-8-14(19)11-15/h4-11,17H,3,12H2,1-2H3,(H,21,23). The molecule has 0 saturated heterocycles. The lowest BCUT2D eigenvalue weighted by Crippen LogP contribution is -2.49. The van der Waals surface area contributed by atoms with Crippen LogP contribution in [0.2, 0.25) is 10.0 Å². The first-order valence-electron chi connectivity index (χ1n) is 8.00. The molecule has 0 saturated carbocycles. The first kappa shape index (κ1) is 20.6. The minimum Gasteiger partial charge on any atom is -0.350 e. The summed E-state index contributed by atoms with van der Waals surface area (Å²) in [6.45, 7) is 1.96. The highest BCUT2D eigenvalue weighted by molar-refractivity contribution is 7.92. The third-order valence-corrected chi connectivity index (χ3v) is 5.59. The summed E-state index contributed by atoms with van der Waals surface area (Å²) in [7, 11) is -3.69. The van der Waals surface area contributed by atoms with E-state index in [2.05, 4.69) is 5.32 Å². The fourth-order valence-corrected chi connectivity index (χ4v) is 4.21. The van der Waals surface area contributed by atoms with Gasteiger partial charge in [-0.05, 0) is 36.2 Å². The molecule has 0 bridgehead atoms. The van der Waals surface area contributed by atoms with Crippen LogP contribution in [0.25, 0.3) is 0 Å². The zero-order chi connectivity index (χ0) is 19.3. The van der Waals surface area contributed by atoms with Crippen LogP contribution in [-0.2, 0) is 21.4 Å². The molecule has 2 aromatic rings. The summed E-state index contributed by atoms with van der Waals surface area (Å²) in [5.74, 6) is -0.405.